The van der Waals surface area contributed by atoms with Crippen molar-refractivity contribution in [1.82, 2.24) is 13.9 Å². The molecule has 2 aliphatic rings. The highest BCUT2D eigenvalue weighted by Gasteiger charge is 2.35. The first-order valence-electron chi connectivity index (χ1n) is 12.6. The minimum Gasteiger partial charge on any atom is -0.368 e. The molecule has 204 valence electrons. The number of hydrogen-bond donors (Lipinski definition) is 2. The molecule has 2 heterocycles. The summed E-state index contributed by atoms with van der Waals surface area (Å²) in [6.07, 6.45) is 0.361. The van der Waals surface area contributed by atoms with Crippen LogP contribution >= 0.6 is 11.6 Å². The van der Waals surface area contributed by atoms with Crippen LogP contribution in [-0.2, 0) is 15.0 Å². The van der Waals surface area contributed by atoms with Gasteiger partial charge in [0.1, 0.15) is 11.8 Å². The van der Waals surface area contributed by atoms with Crippen LogP contribution in [0.3, 0.4) is 0 Å². The van der Waals surface area contributed by atoms with Gasteiger partial charge in [-0.1, -0.05) is 55.8 Å². The summed E-state index contributed by atoms with van der Waals surface area (Å²) in [5.74, 6) is -0.849. The number of amides is 1. The van der Waals surface area contributed by atoms with Gasteiger partial charge in [-0.05, 0) is 42.8 Å². The van der Waals surface area contributed by atoms with Crippen LogP contribution < -0.4 is 15.5 Å². The third-order valence-corrected chi connectivity index (χ3v) is 8.43. The van der Waals surface area contributed by atoms with E-state index in [4.69, 9.17) is 22.4 Å². The number of halogens is 1. The number of likely N-dealkylation sites (N-methyl/N-ethyl adjacent to an activating group) is 1. The normalized spacial score (nSPS) is 20.4. The predicted octanol–water partition coefficient (Wildman–Crippen LogP) is 2.64. The number of amidine groups is 1. The fraction of sp³-hybridized carbons (Fsp3) is 0.423. The highest BCUT2D eigenvalue weighted by Crippen LogP contribution is 2.36. The van der Waals surface area contributed by atoms with Gasteiger partial charge in [0.15, 0.2) is 5.84 Å². The smallest absolute Gasteiger partial charge is 0.302 e. The first kappa shape index (κ1) is 28.0. The van der Waals surface area contributed by atoms with E-state index in [1.165, 1.54) is 4.31 Å². The van der Waals surface area contributed by atoms with Crippen LogP contribution in [0.25, 0.3) is 0 Å². The lowest BCUT2D eigenvalue weighted by atomic mass is 10.0. The first-order chi connectivity index (χ1) is 18.0. The summed E-state index contributed by atoms with van der Waals surface area (Å²) < 4.78 is 30.9. The Kier molecular flexibility index (Phi) is 8.71. The summed E-state index contributed by atoms with van der Waals surface area (Å²) in [6.45, 7) is 5.55. The number of hydrogen-bond acceptors (Lipinski definition) is 7. The number of nitrogens with two attached hydrogens (primary N) is 1. The zero-order chi connectivity index (χ0) is 27.4. The maximum atomic E-state index is 13.4. The second kappa shape index (κ2) is 11.8. The standard InChI is InChI=1S/C26H34ClN7O3S/c1-18(2)24(25(28)35)29-26(31-38(36,37)33-15-13-32(3)14-16-33)22-17-23(19-7-5-4-6-8-19)34(30-22)21-11-9-20(27)10-12-21/h4-12,18,23-24H,13-17H2,1-3H3,(H2,28,35)(H,29,31)/t23?,24-/m0/s1. The Balaban J connectivity index is 1.75. The monoisotopic (exact) mass is 559 g/mol. The molecule has 1 unspecified atom stereocenters. The number of carbonyl (C=O) groups excluding carboxylic acids is 1. The zero-order valence-electron chi connectivity index (χ0n) is 21.8. The molecule has 0 spiro atoms. The second-order valence-corrected chi connectivity index (χ2v) is 12.0. The zero-order valence-corrected chi connectivity index (χ0v) is 23.4. The number of benzene rings is 2. The van der Waals surface area contributed by atoms with Crippen LogP contribution in [-0.4, -0.2) is 74.3 Å². The van der Waals surface area contributed by atoms with Crippen molar-refractivity contribution in [3.05, 3.63) is 65.2 Å². The molecule has 12 heteroatoms. The number of carbonyl (C=O) groups is 1. The lowest BCUT2D eigenvalue weighted by molar-refractivity contribution is -0.120. The molecule has 10 nitrogen and oxygen atoms in total. The Bertz CT molecular complexity index is 1290. The van der Waals surface area contributed by atoms with Crippen molar-refractivity contribution in [1.29, 1.82) is 0 Å². The van der Waals surface area contributed by atoms with Crippen LogP contribution in [0.1, 0.15) is 31.9 Å². The summed E-state index contributed by atoms with van der Waals surface area (Å²) in [6, 6.07) is 15.9. The number of anilines is 1. The Morgan fingerprint density at radius 2 is 1.71 bits per heavy atom. The molecule has 2 aliphatic heterocycles. The third kappa shape index (κ3) is 6.52. The molecule has 0 bridgehead atoms. The van der Waals surface area contributed by atoms with Gasteiger partial charge in [0, 0.05) is 37.6 Å². The highest BCUT2D eigenvalue weighted by molar-refractivity contribution is 7.87. The van der Waals surface area contributed by atoms with Gasteiger partial charge >= 0.3 is 10.2 Å². The van der Waals surface area contributed by atoms with E-state index in [-0.39, 0.29) is 17.8 Å². The van der Waals surface area contributed by atoms with Crippen molar-refractivity contribution in [2.24, 2.45) is 21.7 Å². The Labute approximate surface area is 229 Å². The van der Waals surface area contributed by atoms with E-state index in [2.05, 4.69) is 14.6 Å². The first-order valence-corrected chi connectivity index (χ1v) is 14.4. The molecule has 1 saturated heterocycles. The molecule has 2 atom stereocenters. The van der Waals surface area contributed by atoms with Crippen molar-refractivity contribution < 1.29 is 13.2 Å². The van der Waals surface area contributed by atoms with Crippen LogP contribution in [0.5, 0.6) is 0 Å². The maximum Gasteiger partial charge on any atom is 0.302 e. The second-order valence-electron chi connectivity index (χ2n) is 9.88. The molecule has 3 N–H and O–H groups in total. The number of hydrazone groups is 1. The molecular weight excluding hydrogens is 526 g/mol. The van der Waals surface area contributed by atoms with Crippen LogP contribution in [0.4, 0.5) is 5.69 Å². The lowest BCUT2D eigenvalue weighted by Gasteiger charge is -2.31. The summed E-state index contributed by atoms with van der Waals surface area (Å²) in [5.41, 5.74) is 7.86. The molecule has 0 radical (unpaired) electrons. The van der Waals surface area contributed by atoms with E-state index in [1.807, 2.05) is 68.4 Å². The SMILES string of the molecule is CC(C)[C@H](N=C(NS(=O)(=O)N1CCN(C)CC1)C1=NN(c2ccc(Cl)cc2)C(c2ccccc2)C1)C(N)=O. The fourth-order valence-corrected chi connectivity index (χ4v) is 5.79. The van der Waals surface area contributed by atoms with Gasteiger partial charge in [0.05, 0.1) is 11.7 Å². The van der Waals surface area contributed by atoms with Gasteiger partial charge in [-0.3, -0.25) is 19.5 Å². The van der Waals surface area contributed by atoms with Crippen LogP contribution in [0, 0.1) is 5.92 Å². The van der Waals surface area contributed by atoms with E-state index in [0.29, 0.717) is 43.3 Å². The highest BCUT2D eigenvalue weighted by atomic mass is 35.5. The van der Waals surface area contributed by atoms with Crippen molar-refractivity contribution in [2.45, 2.75) is 32.4 Å². The van der Waals surface area contributed by atoms with Crippen molar-refractivity contribution in [3.8, 4) is 0 Å². The van der Waals surface area contributed by atoms with E-state index in [1.54, 1.807) is 12.1 Å². The van der Waals surface area contributed by atoms with E-state index < -0.39 is 22.2 Å². The maximum absolute atomic E-state index is 13.4. The average molecular weight is 560 g/mol. The average Bonchev–Trinajstić information content (AvgIpc) is 3.33. The molecule has 1 fully saturated rings. The molecule has 2 aromatic carbocycles. The third-order valence-electron chi connectivity index (χ3n) is 6.68. The molecular formula is C26H34ClN7O3S. The number of nitrogens with zero attached hydrogens (tertiary/aromatic N) is 5. The number of rotatable bonds is 8. The number of primary amides is 1. The Hall–Kier alpha value is -2.99. The van der Waals surface area contributed by atoms with Crippen molar-refractivity contribution >= 4 is 45.0 Å². The Morgan fingerprint density at radius 1 is 1.08 bits per heavy atom. The van der Waals surface area contributed by atoms with Crippen molar-refractivity contribution in [2.75, 3.05) is 38.2 Å². The molecule has 0 aromatic heterocycles. The Morgan fingerprint density at radius 3 is 2.29 bits per heavy atom. The van der Waals surface area contributed by atoms with Gasteiger partial charge in [0.2, 0.25) is 5.91 Å². The summed E-state index contributed by atoms with van der Waals surface area (Å²) in [4.78, 5) is 18.9. The quantitative estimate of drug-likeness (QED) is 0.380. The number of nitrogens with one attached hydrogen (secondary N) is 1. The van der Waals surface area contributed by atoms with Gasteiger partial charge in [-0.25, -0.2) is 0 Å². The van der Waals surface area contributed by atoms with Crippen LogP contribution in [0.15, 0.2) is 64.7 Å². The minimum absolute atomic E-state index is 0.0267. The molecule has 0 aliphatic carbocycles. The van der Waals surface area contributed by atoms with E-state index >= 15 is 0 Å². The predicted molar refractivity (Wildman–Crippen MR) is 152 cm³/mol. The fourth-order valence-electron chi connectivity index (χ4n) is 4.48. The largest absolute Gasteiger partial charge is 0.368 e. The molecule has 1 amide bonds. The van der Waals surface area contributed by atoms with Crippen molar-refractivity contribution in [3.63, 3.8) is 0 Å². The molecule has 4 rings (SSSR count). The lowest BCUT2D eigenvalue weighted by Crippen LogP contribution is -2.53. The molecule has 0 saturated carbocycles. The topological polar surface area (TPSA) is 124 Å². The van der Waals surface area contributed by atoms with Gasteiger partial charge in [-0.15, -0.1) is 0 Å². The van der Waals surface area contributed by atoms with Gasteiger partial charge in [-0.2, -0.15) is 17.8 Å². The van der Waals surface area contributed by atoms with Gasteiger partial charge < -0.3 is 10.6 Å². The number of piperazine rings is 1. The minimum atomic E-state index is -3.95. The molecule has 38 heavy (non-hydrogen) atoms. The van der Waals surface area contributed by atoms with Crippen LogP contribution in [0.2, 0.25) is 5.02 Å². The van der Waals surface area contributed by atoms with Gasteiger partial charge in [0.25, 0.3) is 0 Å². The van der Waals surface area contributed by atoms with E-state index in [9.17, 15) is 13.2 Å². The van der Waals surface area contributed by atoms with E-state index in [0.717, 1.165) is 11.3 Å². The molecule has 2 aromatic rings. The summed E-state index contributed by atoms with van der Waals surface area (Å²) in [5, 5.41) is 7.25. The number of aliphatic imine (C=N–C) groups is 1. The summed E-state index contributed by atoms with van der Waals surface area (Å²) in [7, 11) is -2.00. The summed E-state index contributed by atoms with van der Waals surface area (Å²) >= 11 is 6.12.